The van der Waals surface area contributed by atoms with Crippen LogP contribution in [0, 0.1) is 5.92 Å². The van der Waals surface area contributed by atoms with Crippen molar-refractivity contribution in [2.24, 2.45) is 11.0 Å². The summed E-state index contributed by atoms with van der Waals surface area (Å²) in [6.45, 7) is 1.67. The monoisotopic (exact) mass is 393 g/mol. The molecule has 4 atom stereocenters. The fourth-order valence-electron chi connectivity index (χ4n) is 2.19. The smallest absolute Gasteiger partial charge is 0.330 e. The highest BCUT2D eigenvalue weighted by Crippen LogP contribution is 2.42. The number of nitrogens with one attached hydrogen (secondary N) is 1. The Balaban J connectivity index is 2.47. The predicted octanol–water partition coefficient (Wildman–Crippen LogP) is 0.504. The summed E-state index contributed by atoms with van der Waals surface area (Å²) in [5, 5.41) is 13.8. The number of alkyl halides is 1. The lowest BCUT2D eigenvalue weighted by Gasteiger charge is -2.24. The molecule has 1 aromatic rings. The van der Waals surface area contributed by atoms with E-state index < -0.39 is 35.2 Å². The van der Waals surface area contributed by atoms with Crippen molar-refractivity contribution < 1.29 is 9.84 Å². The van der Waals surface area contributed by atoms with Gasteiger partial charge in [0.25, 0.3) is 5.56 Å². The molecule has 0 amide bonds. The van der Waals surface area contributed by atoms with E-state index in [-0.39, 0.29) is 4.43 Å². The molecule has 0 spiro atoms. The molecule has 9 nitrogen and oxygen atoms in total. The number of nitrogens with zero attached hydrogens (tertiary/aromatic N) is 4. The molecule has 1 aromatic heterocycles. The number of aliphatic hydroxyl groups is 1. The number of hydrogen-bond acceptors (Lipinski definition) is 5. The average Bonchev–Trinajstić information content (AvgIpc) is 2.65. The lowest BCUT2D eigenvalue weighted by Crippen LogP contribution is -2.40. The third kappa shape index (κ3) is 2.35. The minimum atomic E-state index is -1.42. The lowest BCUT2D eigenvalue weighted by atomic mass is 9.99. The summed E-state index contributed by atoms with van der Waals surface area (Å²) in [7, 11) is 0. The number of aromatic nitrogens is 2. The summed E-state index contributed by atoms with van der Waals surface area (Å²) in [4.78, 5) is 27.7. The summed E-state index contributed by atoms with van der Waals surface area (Å²) in [5.41, 5.74) is 6.03. The zero-order valence-corrected chi connectivity index (χ0v) is 12.6. The van der Waals surface area contributed by atoms with Crippen LogP contribution < -0.4 is 11.2 Å². The van der Waals surface area contributed by atoms with Crippen LogP contribution in [0.4, 0.5) is 0 Å². The molecule has 2 heterocycles. The molecule has 1 saturated heterocycles. The van der Waals surface area contributed by atoms with Crippen molar-refractivity contribution >= 4 is 22.6 Å². The fraction of sp³-hybridized carbons (Fsp3) is 0.600. The first kappa shape index (κ1) is 15.0. The van der Waals surface area contributed by atoms with Gasteiger partial charge in [0.15, 0.2) is 5.72 Å². The van der Waals surface area contributed by atoms with Gasteiger partial charge in [-0.05, 0) is 5.53 Å². The molecule has 0 aromatic carbocycles. The number of H-pyrrole nitrogens is 1. The van der Waals surface area contributed by atoms with Crippen LogP contribution in [-0.2, 0) is 4.74 Å². The first-order valence-corrected chi connectivity index (χ1v) is 7.27. The van der Waals surface area contributed by atoms with E-state index in [0.717, 1.165) is 4.57 Å². The van der Waals surface area contributed by atoms with Gasteiger partial charge in [0.1, 0.15) is 6.23 Å². The summed E-state index contributed by atoms with van der Waals surface area (Å²) >= 11 is 1.94. The van der Waals surface area contributed by atoms with E-state index >= 15 is 0 Å². The average molecular weight is 393 g/mol. The maximum Gasteiger partial charge on any atom is 0.330 e. The molecule has 1 aliphatic rings. The lowest BCUT2D eigenvalue weighted by molar-refractivity contribution is -0.0828. The Morgan fingerprint density at radius 1 is 1.70 bits per heavy atom. The van der Waals surface area contributed by atoms with E-state index in [0.29, 0.717) is 0 Å². The van der Waals surface area contributed by atoms with Crippen molar-refractivity contribution in [2.75, 3.05) is 4.43 Å². The second kappa shape index (κ2) is 5.56. The Labute approximate surface area is 126 Å². The quantitative estimate of drug-likeness (QED) is 0.254. The van der Waals surface area contributed by atoms with Crippen molar-refractivity contribution in [2.45, 2.75) is 25.0 Å². The molecule has 0 aliphatic carbocycles. The summed E-state index contributed by atoms with van der Waals surface area (Å²) in [5.74, 6) is -0.487. The molecule has 1 fully saturated rings. The SMILES string of the molecule is C[C@H]1[C@H](n2ccc(=O)[nH]c2=O)O[C@@](CI)(N=[N+]=[N-])[C@H]1O. The van der Waals surface area contributed by atoms with E-state index in [9.17, 15) is 14.7 Å². The van der Waals surface area contributed by atoms with Crippen LogP contribution in [-0.4, -0.2) is 30.9 Å². The van der Waals surface area contributed by atoms with Crippen molar-refractivity contribution in [1.82, 2.24) is 9.55 Å². The maximum atomic E-state index is 11.8. The highest BCUT2D eigenvalue weighted by molar-refractivity contribution is 14.1. The standard InChI is InChI=1S/C10H12IN5O4/c1-5-7(18)10(4-11,14-15-12)20-8(5)16-3-2-6(17)13-9(16)19/h2-3,5,7-8,18H,4H2,1H3,(H,13,17,19)/t5-,7+,8-,10-/m1/s1. The number of azide groups is 1. The third-order valence-electron chi connectivity index (χ3n) is 3.27. The summed E-state index contributed by atoms with van der Waals surface area (Å²) in [6, 6.07) is 1.18. The largest absolute Gasteiger partial charge is 0.389 e. The molecule has 0 radical (unpaired) electrons. The van der Waals surface area contributed by atoms with Crippen LogP contribution in [0.2, 0.25) is 0 Å². The van der Waals surface area contributed by atoms with Gasteiger partial charge in [-0.2, -0.15) is 0 Å². The molecule has 0 unspecified atom stereocenters. The number of rotatable bonds is 3. The van der Waals surface area contributed by atoms with Crippen molar-refractivity contribution in [3.05, 3.63) is 43.5 Å². The molecular formula is C10H12IN5O4. The van der Waals surface area contributed by atoms with Gasteiger partial charge < -0.3 is 9.84 Å². The Bertz CT molecular complexity index is 666. The van der Waals surface area contributed by atoms with Crippen LogP contribution in [0.15, 0.2) is 27.0 Å². The second-order valence-corrected chi connectivity index (χ2v) is 5.26. The van der Waals surface area contributed by atoms with E-state index in [1.165, 1.54) is 12.3 Å². The molecule has 10 heteroatoms. The van der Waals surface area contributed by atoms with Gasteiger partial charge in [-0.25, -0.2) is 4.79 Å². The molecule has 2 N–H and O–H groups in total. The molecular weight excluding hydrogens is 381 g/mol. The number of ether oxygens (including phenoxy) is 1. The third-order valence-corrected chi connectivity index (χ3v) is 4.36. The molecule has 20 heavy (non-hydrogen) atoms. The number of aliphatic hydroxyl groups excluding tert-OH is 1. The fourth-order valence-corrected chi connectivity index (χ4v) is 2.97. The van der Waals surface area contributed by atoms with Gasteiger partial charge in [-0.15, -0.1) is 0 Å². The number of halogens is 1. The summed E-state index contributed by atoms with van der Waals surface area (Å²) in [6.07, 6.45) is -0.595. The normalized spacial score (nSPS) is 32.9. The first-order chi connectivity index (χ1) is 9.45. The Hall–Kier alpha value is -1.36. The zero-order chi connectivity index (χ0) is 14.9. The van der Waals surface area contributed by atoms with Crippen LogP contribution in [0.1, 0.15) is 13.2 Å². The van der Waals surface area contributed by atoms with Gasteiger partial charge in [0.2, 0.25) is 0 Å². The second-order valence-electron chi connectivity index (χ2n) is 4.50. The van der Waals surface area contributed by atoms with Crippen molar-refractivity contribution in [1.29, 1.82) is 0 Å². The van der Waals surface area contributed by atoms with E-state index in [2.05, 4.69) is 15.0 Å². The minimum Gasteiger partial charge on any atom is -0.389 e. The van der Waals surface area contributed by atoms with E-state index in [4.69, 9.17) is 10.3 Å². The zero-order valence-electron chi connectivity index (χ0n) is 10.4. The Morgan fingerprint density at radius 3 is 2.95 bits per heavy atom. The van der Waals surface area contributed by atoms with Crippen LogP contribution in [0.3, 0.4) is 0 Å². The summed E-state index contributed by atoms with van der Waals surface area (Å²) < 4.78 is 7.03. The van der Waals surface area contributed by atoms with Crippen LogP contribution >= 0.6 is 22.6 Å². The van der Waals surface area contributed by atoms with Gasteiger partial charge >= 0.3 is 5.69 Å². The van der Waals surface area contributed by atoms with Crippen LogP contribution in [0.25, 0.3) is 10.4 Å². The molecule has 1 aliphatic heterocycles. The Kier molecular flexibility index (Phi) is 4.18. The van der Waals surface area contributed by atoms with E-state index in [1.807, 2.05) is 22.6 Å². The van der Waals surface area contributed by atoms with Crippen LogP contribution in [0.5, 0.6) is 0 Å². The highest BCUT2D eigenvalue weighted by atomic mass is 127. The minimum absolute atomic E-state index is 0.231. The molecule has 0 bridgehead atoms. The van der Waals surface area contributed by atoms with Crippen molar-refractivity contribution in [3.8, 4) is 0 Å². The molecule has 0 saturated carbocycles. The highest BCUT2D eigenvalue weighted by Gasteiger charge is 2.52. The van der Waals surface area contributed by atoms with Gasteiger partial charge in [0, 0.05) is 27.5 Å². The van der Waals surface area contributed by atoms with Gasteiger partial charge in [-0.1, -0.05) is 34.6 Å². The van der Waals surface area contributed by atoms with Gasteiger partial charge in [-0.3, -0.25) is 14.3 Å². The maximum absolute atomic E-state index is 11.8. The first-order valence-electron chi connectivity index (χ1n) is 5.75. The van der Waals surface area contributed by atoms with E-state index in [1.54, 1.807) is 6.92 Å². The number of hydrogen-bond donors (Lipinski definition) is 2. The predicted molar refractivity (Wildman–Crippen MR) is 77.4 cm³/mol. The van der Waals surface area contributed by atoms with Crippen molar-refractivity contribution in [3.63, 3.8) is 0 Å². The molecule has 2 rings (SSSR count). The van der Waals surface area contributed by atoms with Gasteiger partial charge in [0.05, 0.1) is 6.10 Å². The molecule has 108 valence electrons. The number of aromatic amines is 1. The topological polar surface area (TPSA) is 133 Å². The Morgan fingerprint density at radius 2 is 2.40 bits per heavy atom.